The molecule has 0 spiro atoms. The Kier molecular flexibility index (Phi) is 5.45. The molecule has 2 rings (SSSR count). The molecule has 0 aliphatic heterocycles. The highest BCUT2D eigenvalue weighted by Gasteiger charge is 2.13. The first kappa shape index (κ1) is 15.2. The molecule has 6 heteroatoms. The van der Waals surface area contributed by atoms with Gasteiger partial charge in [-0.1, -0.05) is 5.16 Å². The van der Waals surface area contributed by atoms with E-state index in [1.54, 1.807) is 12.1 Å². The number of hydrogen-bond donors (Lipinski definition) is 1. The topological polar surface area (TPSA) is 64.4 Å². The maximum Gasteiger partial charge on any atom is 0.273 e. The second-order valence-electron chi connectivity index (χ2n) is 4.39. The van der Waals surface area contributed by atoms with Crippen LogP contribution in [0.5, 0.6) is 0 Å². The average Bonchev–Trinajstić information content (AvgIpc) is 2.97. The summed E-state index contributed by atoms with van der Waals surface area (Å²) in [7, 11) is 0. The van der Waals surface area contributed by atoms with E-state index in [0.717, 1.165) is 6.42 Å². The predicted octanol–water partition coefficient (Wildman–Crippen LogP) is 2.64. The van der Waals surface area contributed by atoms with Gasteiger partial charge in [0, 0.05) is 31.4 Å². The Morgan fingerprint density at radius 3 is 2.86 bits per heavy atom. The van der Waals surface area contributed by atoms with Crippen molar-refractivity contribution in [2.45, 2.75) is 13.3 Å². The van der Waals surface area contributed by atoms with Crippen molar-refractivity contribution in [1.82, 2.24) is 10.5 Å². The molecule has 1 aromatic carbocycles. The van der Waals surface area contributed by atoms with E-state index in [4.69, 9.17) is 9.26 Å². The van der Waals surface area contributed by atoms with Crippen molar-refractivity contribution in [3.63, 3.8) is 0 Å². The summed E-state index contributed by atoms with van der Waals surface area (Å²) in [4.78, 5) is 11.8. The zero-order valence-electron chi connectivity index (χ0n) is 11.8. The first-order valence-electron chi connectivity index (χ1n) is 6.79. The second kappa shape index (κ2) is 7.54. The minimum atomic E-state index is -0.328. The summed E-state index contributed by atoms with van der Waals surface area (Å²) in [5.74, 6) is -0.205. The lowest BCUT2D eigenvalue weighted by molar-refractivity contribution is 0.0935. The zero-order chi connectivity index (χ0) is 15.1. The third kappa shape index (κ3) is 4.39. The third-order valence-corrected chi connectivity index (χ3v) is 2.83. The molecule has 0 aliphatic rings. The fraction of sp³-hybridized carbons (Fsp3) is 0.333. The van der Waals surface area contributed by atoms with Crippen LogP contribution in [0.4, 0.5) is 4.39 Å². The van der Waals surface area contributed by atoms with Crippen molar-refractivity contribution in [2.24, 2.45) is 0 Å². The van der Waals surface area contributed by atoms with Crippen LogP contribution < -0.4 is 5.32 Å². The van der Waals surface area contributed by atoms with E-state index in [-0.39, 0.29) is 17.4 Å². The Morgan fingerprint density at radius 2 is 2.14 bits per heavy atom. The van der Waals surface area contributed by atoms with E-state index in [2.05, 4.69) is 10.5 Å². The van der Waals surface area contributed by atoms with Gasteiger partial charge < -0.3 is 14.6 Å². The number of halogens is 1. The van der Waals surface area contributed by atoms with E-state index in [1.165, 1.54) is 18.2 Å². The molecule has 1 heterocycles. The molecule has 0 fully saturated rings. The molecule has 5 nitrogen and oxygen atoms in total. The van der Waals surface area contributed by atoms with Crippen LogP contribution in [0.2, 0.25) is 0 Å². The van der Waals surface area contributed by atoms with Gasteiger partial charge in [-0.15, -0.1) is 0 Å². The minimum absolute atomic E-state index is 0.200. The summed E-state index contributed by atoms with van der Waals surface area (Å²) >= 11 is 0. The maximum absolute atomic E-state index is 12.8. The van der Waals surface area contributed by atoms with E-state index in [9.17, 15) is 9.18 Å². The van der Waals surface area contributed by atoms with Crippen molar-refractivity contribution < 1.29 is 18.4 Å². The van der Waals surface area contributed by atoms with E-state index in [1.807, 2.05) is 6.92 Å². The first-order valence-corrected chi connectivity index (χ1v) is 6.79. The molecule has 0 bridgehead atoms. The van der Waals surface area contributed by atoms with Gasteiger partial charge in [-0.05, 0) is 37.6 Å². The Hall–Kier alpha value is -2.21. The summed E-state index contributed by atoms with van der Waals surface area (Å²) < 4.78 is 23.1. The molecule has 0 radical (unpaired) electrons. The highest BCUT2D eigenvalue weighted by atomic mass is 19.1. The predicted molar refractivity (Wildman–Crippen MR) is 75.3 cm³/mol. The smallest absolute Gasteiger partial charge is 0.273 e. The van der Waals surface area contributed by atoms with Gasteiger partial charge in [-0.25, -0.2) is 4.39 Å². The number of hydrogen-bond acceptors (Lipinski definition) is 4. The number of aromatic nitrogens is 1. The molecule has 1 aromatic heterocycles. The van der Waals surface area contributed by atoms with Gasteiger partial charge in [0.1, 0.15) is 5.82 Å². The lowest BCUT2D eigenvalue weighted by Gasteiger charge is -2.02. The number of rotatable bonds is 7. The number of benzene rings is 1. The number of nitrogens with one attached hydrogen (secondary N) is 1. The Morgan fingerprint density at radius 1 is 1.38 bits per heavy atom. The monoisotopic (exact) mass is 292 g/mol. The van der Waals surface area contributed by atoms with Crippen LogP contribution in [-0.2, 0) is 4.74 Å². The first-order chi connectivity index (χ1) is 10.2. The Balaban J connectivity index is 1.90. The van der Waals surface area contributed by atoms with Gasteiger partial charge in [0.15, 0.2) is 11.5 Å². The van der Waals surface area contributed by atoms with Crippen LogP contribution in [0, 0.1) is 5.82 Å². The van der Waals surface area contributed by atoms with Crippen LogP contribution in [0.25, 0.3) is 11.3 Å². The maximum atomic E-state index is 12.8. The van der Waals surface area contributed by atoms with Crippen molar-refractivity contribution in [3.05, 3.63) is 41.8 Å². The molecule has 112 valence electrons. The quantitative estimate of drug-likeness (QED) is 0.797. The highest BCUT2D eigenvalue weighted by molar-refractivity contribution is 5.93. The fourth-order valence-electron chi connectivity index (χ4n) is 1.74. The van der Waals surface area contributed by atoms with E-state index < -0.39 is 0 Å². The second-order valence-corrected chi connectivity index (χ2v) is 4.39. The Bertz CT molecular complexity index is 581. The third-order valence-electron chi connectivity index (χ3n) is 2.83. The van der Waals surface area contributed by atoms with Crippen LogP contribution in [0.15, 0.2) is 34.9 Å². The van der Waals surface area contributed by atoms with Crippen LogP contribution in [0.1, 0.15) is 23.8 Å². The number of amides is 1. The molecule has 0 saturated carbocycles. The fourth-order valence-corrected chi connectivity index (χ4v) is 1.74. The summed E-state index contributed by atoms with van der Waals surface area (Å²) in [6, 6.07) is 7.32. The lowest BCUT2D eigenvalue weighted by Crippen LogP contribution is -2.25. The number of nitrogens with zero attached hydrogens (tertiary/aromatic N) is 1. The normalized spacial score (nSPS) is 10.6. The minimum Gasteiger partial charge on any atom is -0.382 e. The summed E-state index contributed by atoms with van der Waals surface area (Å²) in [6.45, 7) is 3.71. The lowest BCUT2D eigenvalue weighted by atomic mass is 10.1. The van der Waals surface area contributed by atoms with Crippen LogP contribution in [0.3, 0.4) is 0 Å². The standard InChI is InChI=1S/C15H17FN2O3/c1-2-20-9-3-8-17-15(19)13-10-14(21-18-13)11-4-6-12(16)7-5-11/h4-7,10H,2-3,8-9H2,1H3,(H,17,19). The van der Waals surface area contributed by atoms with Crippen molar-refractivity contribution in [2.75, 3.05) is 19.8 Å². The van der Waals surface area contributed by atoms with Crippen molar-refractivity contribution in [1.29, 1.82) is 0 Å². The van der Waals surface area contributed by atoms with Gasteiger partial charge in [0.2, 0.25) is 0 Å². The Labute approximate surface area is 122 Å². The average molecular weight is 292 g/mol. The van der Waals surface area contributed by atoms with E-state index >= 15 is 0 Å². The summed E-state index contributed by atoms with van der Waals surface area (Å²) in [5, 5.41) is 6.45. The molecule has 0 aliphatic carbocycles. The van der Waals surface area contributed by atoms with Crippen molar-refractivity contribution in [3.8, 4) is 11.3 Å². The molecular weight excluding hydrogens is 275 g/mol. The van der Waals surface area contributed by atoms with Gasteiger partial charge in [0.25, 0.3) is 5.91 Å². The summed E-state index contributed by atoms with van der Waals surface area (Å²) in [6.07, 6.45) is 0.738. The van der Waals surface area contributed by atoms with Gasteiger partial charge in [-0.3, -0.25) is 4.79 Å². The van der Waals surface area contributed by atoms with Crippen molar-refractivity contribution >= 4 is 5.91 Å². The molecule has 1 amide bonds. The summed E-state index contributed by atoms with van der Waals surface area (Å²) in [5.41, 5.74) is 0.866. The van der Waals surface area contributed by atoms with Gasteiger partial charge in [-0.2, -0.15) is 0 Å². The highest BCUT2D eigenvalue weighted by Crippen LogP contribution is 2.20. The molecular formula is C15H17FN2O3. The largest absolute Gasteiger partial charge is 0.382 e. The molecule has 0 saturated heterocycles. The molecule has 1 N–H and O–H groups in total. The molecule has 0 atom stereocenters. The van der Waals surface area contributed by atoms with Gasteiger partial charge >= 0.3 is 0 Å². The van der Waals surface area contributed by atoms with Crippen LogP contribution in [-0.4, -0.2) is 30.8 Å². The number of carbonyl (C=O) groups is 1. The number of ether oxygens (including phenoxy) is 1. The molecule has 21 heavy (non-hydrogen) atoms. The van der Waals surface area contributed by atoms with Gasteiger partial charge in [0.05, 0.1) is 0 Å². The number of carbonyl (C=O) groups excluding carboxylic acids is 1. The molecule has 0 unspecified atom stereocenters. The SMILES string of the molecule is CCOCCCNC(=O)c1cc(-c2ccc(F)cc2)on1. The van der Waals surface area contributed by atoms with E-state index in [0.29, 0.717) is 31.1 Å². The zero-order valence-corrected chi connectivity index (χ0v) is 11.8. The van der Waals surface area contributed by atoms with Crippen LogP contribution >= 0.6 is 0 Å². The molecule has 2 aromatic rings.